The molecule has 34 heavy (non-hydrogen) atoms. The van der Waals surface area contributed by atoms with Crippen molar-refractivity contribution in [2.75, 3.05) is 10.6 Å². The number of anilines is 2. The van der Waals surface area contributed by atoms with Crippen LogP contribution in [0.15, 0.2) is 82.0 Å². The highest BCUT2D eigenvalue weighted by molar-refractivity contribution is 7.08. The number of carbonyl (C=O) groups is 2. The number of benzene rings is 2. The van der Waals surface area contributed by atoms with Crippen molar-refractivity contribution in [2.45, 2.75) is 11.8 Å². The van der Waals surface area contributed by atoms with Gasteiger partial charge in [0.15, 0.2) is 0 Å². The number of alkyl halides is 1. The van der Waals surface area contributed by atoms with Gasteiger partial charge in [0.2, 0.25) is 0 Å². The maximum Gasteiger partial charge on any atom is 0.256 e. The average molecular weight is 509 g/mol. The molecule has 2 aromatic carbocycles. The number of thiophene rings is 1. The number of aromatic nitrogens is 2. The number of carbonyl (C=O) groups excluding carboxylic acids is 2. The van der Waals surface area contributed by atoms with E-state index in [2.05, 4.69) is 20.6 Å². The van der Waals surface area contributed by atoms with Gasteiger partial charge in [0.05, 0.1) is 22.0 Å². The second-order valence-corrected chi connectivity index (χ2v) is 9.53. The monoisotopic (exact) mass is 508 g/mol. The van der Waals surface area contributed by atoms with Crippen molar-refractivity contribution in [3.63, 3.8) is 0 Å². The van der Waals surface area contributed by atoms with Crippen molar-refractivity contribution in [2.24, 2.45) is 0 Å². The van der Waals surface area contributed by atoms with Crippen molar-refractivity contribution < 1.29 is 9.59 Å². The number of H-pyrrole nitrogens is 1. The van der Waals surface area contributed by atoms with Gasteiger partial charge in [-0.25, -0.2) is 4.98 Å². The number of nitrogens with zero attached hydrogens (tertiary/aromatic N) is 1. The number of amides is 2. The maximum absolute atomic E-state index is 12.5. The molecule has 0 aliphatic heterocycles. The van der Waals surface area contributed by atoms with Crippen LogP contribution in [-0.4, -0.2) is 27.2 Å². The average Bonchev–Trinajstić information content (AvgIpc) is 3.49. The van der Waals surface area contributed by atoms with Crippen molar-refractivity contribution in [1.29, 1.82) is 0 Å². The Kier molecular flexibility index (Phi) is 6.24. The smallest absolute Gasteiger partial charge is 0.256 e. The molecule has 0 bridgehead atoms. The van der Waals surface area contributed by atoms with Gasteiger partial charge in [-0.15, -0.1) is 11.6 Å². The molecule has 3 N–H and O–H groups in total. The summed E-state index contributed by atoms with van der Waals surface area (Å²) in [5, 5.41) is 9.62. The number of aromatic amines is 1. The van der Waals surface area contributed by atoms with E-state index in [4.69, 9.17) is 23.2 Å². The lowest BCUT2D eigenvalue weighted by Crippen LogP contribution is -2.18. The highest BCUT2D eigenvalue weighted by atomic mass is 35.5. The van der Waals surface area contributed by atoms with Crippen LogP contribution in [0.25, 0.3) is 22.4 Å². The number of halogens is 2. The van der Waals surface area contributed by atoms with E-state index in [1.54, 1.807) is 23.6 Å². The van der Waals surface area contributed by atoms with Crippen molar-refractivity contribution >= 4 is 68.8 Å². The normalized spacial score (nSPS) is 15.5. The number of allylic oxidation sites excluding steroid dienone is 3. The number of imidazole rings is 1. The maximum atomic E-state index is 12.5. The fourth-order valence-corrected chi connectivity index (χ4v) is 4.90. The van der Waals surface area contributed by atoms with Crippen LogP contribution in [0.2, 0.25) is 0 Å². The summed E-state index contributed by atoms with van der Waals surface area (Å²) in [6.45, 7) is 0. The molecule has 1 unspecified atom stereocenters. The van der Waals surface area contributed by atoms with E-state index in [0.717, 1.165) is 16.6 Å². The molecule has 0 fully saturated rings. The molecule has 4 aromatic rings. The Bertz CT molecular complexity index is 1440. The SMILES string of the molecule is O=C(Nc1ccc(-c2nc3ccc(NC(=O)c4ccsc4)cc3[nH]2)cc1)C1=CC(Cl)=CC(Cl)C1. The first kappa shape index (κ1) is 22.4. The van der Waals surface area contributed by atoms with E-state index in [-0.39, 0.29) is 17.2 Å². The lowest BCUT2D eigenvalue weighted by Gasteiger charge is -2.15. The summed E-state index contributed by atoms with van der Waals surface area (Å²) in [4.78, 5) is 32.8. The van der Waals surface area contributed by atoms with Crippen LogP contribution >= 0.6 is 34.5 Å². The Labute approximate surface area is 209 Å². The second-order valence-electron chi connectivity index (χ2n) is 7.76. The molecule has 1 aliphatic carbocycles. The summed E-state index contributed by atoms with van der Waals surface area (Å²) in [7, 11) is 0. The summed E-state index contributed by atoms with van der Waals surface area (Å²) >= 11 is 13.6. The number of hydrogen-bond donors (Lipinski definition) is 3. The minimum absolute atomic E-state index is 0.151. The quantitative estimate of drug-likeness (QED) is 0.267. The summed E-state index contributed by atoms with van der Waals surface area (Å²) in [5.74, 6) is 0.304. The van der Waals surface area contributed by atoms with Gasteiger partial charge in [-0.1, -0.05) is 11.6 Å². The number of rotatable bonds is 5. The number of nitrogens with one attached hydrogen (secondary N) is 3. The topological polar surface area (TPSA) is 86.9 Å². The molecule has 1 aliphatic rings. The van der Waals surface area contributed by atoms with E-state index in [1.165, 1.54) is 11.3 Å². The zero-order chi connectivity index (χ0) is 23.7. The lowest BCUT2D eigenvalue weighted by atomic mass is 10.0. The van der Waals surface area contributed by atoms with Crippen LogP contribution in [0, 0.1) is 0 Å². The van der Waals surface area contributed by atoms with E-state index in [1.807, 2.05) is 47.8 Å². The predicted molar refractivity (Wildman–Crippen MR) is 139 cm³/mol. The molecule has 0 radical (unpaired) electrons. The Balaban J connectivity index is 1.29. The van der Waals surface area contributed by atoms with Gasteiger partial charge in [-0.2, -0.15) is 11.3 Å². The Hall–Kier alpha value is -3.39. The molecule has 2 amide bonds. The van der Waals surface area contributed by atoms with Crippen LogP contribution in [0.1, 0.15) is 16.8 Å². The van der Waals surface area contributed by atoms with Crippen molar-refractivity contribution in [3.05, 3.63) is 87.6 Å². The van der Waals surface area contributed by atoms with E-state index < -0.39 is 0 Å². The zero-order valence-corrected chi connectivity index (χ0v) is 20.0. The van der Waals surface area contributed by atoms with Gasteiger partial charge in [-0.05, 0) is 72.5 Å². The van der Waals surface area contributed by atoms with Crippen LogP contribution in [0.4, 0.5) is 11.4 Å². The van der Waals surface area contributed by atoms with Gasteiger partial charge in [0.1, 0.15) is 5.82 Å². The first-order valence-corrected chi connectivity index (χ1v) is 12.2. The van der Waals surface area contributed by atoms with Crippen LogP contribution in [0.5, 0.6) is 0 Å². The molecule has 0 spiro atoms. The molecule has 2 heterocycles. The summed E-state index contributed by atoms with van der Waals surface area (Å²) in [6, 6.07) is 14.7. The first-order chi connectivity index (χ1) is 16.4. The second kappa shape index (κ2) is 9.46. The lowest BCUT2D eigenvalue weighted by molar-refractivity contribution is -0.113. The number of fused-ring (bicyclic) bond motifs is 1. The van der Waals surface area contributed by atoms with E-state index in [9.17, 15) is 9.59 Å². The van der Waals surface area contributed by atoms with Crippen molar-refractivity contribution in [1.82, 2.24) is 9.97 Å². The molecule has 0 saturated heterocycles. The van der Waals surface area contributed by atoms with E-state index in [0.29, 0.717) is 39.8 Å². The third kappa shape index (κ3) is 4.92. The fourth-order valence-electron chi connectivity index (χ4n) is 3.62. The molecular formula is C25H18Cl2N4O2S. The fraction of sp³-hybridized carbons (Fsp3) is 0.0800. The van der Waals surface area contributed by atoms with Gasteiger partial charge < -0.3 is 15.6 Å². The summed E-state index contributed by atoms with van der Waals surface area (Å²) in [5.41, 5.74) is 4.96. The van der Waals surface area contributed by atoms with Crippen LogP contribution in [0.3, 0.4) is 0 Å². The van der Waals surface area contributed by atoms with Crippen molar-refractivity contribution in [3.8, 4) is 11.4 Å². The van der Waals surface area contributed by atoms with Gasteiger partial charge in [0.25, 0.3) is 11.8 Å². The Morgan fingerprint density at radius 1 is 1.03 bits per heavy atom. The standard InChI is InChI=1S/C25H18Cl2N4O2S/c26-17-9-16(10-18(27)11-17)25(33)28-19-3-1-14(2-4-19)23-30-21-6-5-20(12-22(21)31-23)29-24(32)15-7-8-34-13-15/h1-9,11-13,18H,10H2,(H,28,33)(H,29,32)(H,30,31). The first-order valence-electron chi connectivity index (χ1n) is 10.4. The highest BCUT2D eigenvalue weighted by Gasteiger charge is 2.18. The highest BCUT2D eigenvalue weighted by Crippen LogP contribution is 2.27. The molecule has 2 aromatic heterocycles. The minimum atomic E-state index is -0.293. The molecule has 9 heteroatoms. The third-order valence-corrected chi connectivity index (χ3v) is 6.50. The molecule has 0 saturated carbocycles. The van der Waals surface area contributed by atoms with Crippen LogP contribution in [-0.2, 0) is 4.79 Å². The summed E-state index contributed by atoms with van der Waals surface area (Å²) in [6.07, 6.45) is 3.77. The van der Waals surface area contributed by atoms with Crippen LogP contribution < -0.4 is 10.6 Å². The molecule has 170 valence electrons. The van der Waals surface area contributed by atoms with E-state index >= 15 is 0 Å². The molecular weight excluding hydrogens is 491 g/mol. The summed E-state index contributed by atoms with van der Waals surface area (Å²) < 4.78 is 0. The third-order valence-electron chi connectivity index (χ3n) is 5.30. The van der Waals surface area contributed by atoms with Gasteiger partial charge in [0, 0.05) is 32.9 Å². The zero-order valence-electron chi connectivity index (χ0n) is 17.6. The largest absolute Gasteiger partial charge is 0.338 e. The van der Waals surface area contributed by atoms with Gasteiger partial charge in [-0.3, -0.25) is 9.59 Å². The molecule has 6 nitrogen and oxygen atoms in total. The molecule has 1 atom stereocenters. The Morgan fingerprint density at radius 2 is 1.79 bits per heavy atom. The van der Waals surface area contributed by atoms with Gasteiger partial charge >= 0.3 is 0 Å². The Morgan fingerprint density at radius 3 is 2.53 bits per heavy atom. The number of hydrogen-bond acceptors (Lipinski definition) is 4. The predicted octanol–water partition coefficient (Wildman–Crippen LogP) is 6.54. The minimum Gasteiger partial charge on any atom is -0.338 e. The molecule has 5 rings (SSSR count).